The maximum atomic E-state index is 12.2. The lowest BCUT2D eigenvalue weighted by atomic mass is 10.0. The fourth-order valence-corrected chi connectivity index (χ4v) is 3.36. The van der Waals surface area contributed by atoms with Gasteiger partial charge in [0, 0.05) is 26.7 Å². The van der Waals surface area contributed by atoms with Crippen molar-refractivity contribution in [2.75, 3.05) is 0 Å². The quantitative estimate of drug-likeness (QED) is 0.311. The minimum Gasteiger partial charge on any atom is -0.294 e. The van der Waals surface area contributed by atoms with Gasteiger partial charge in [-0.1, -0.05) is 56.5 Å². The molecule has 0 spiro atoms. The zero-order valence-corrected chi connectivity index (χ0v) is 15.3. The van der Waals surface area contributed by atoms with Crippen LogP contribution in [0.3, 0.4) is 0 Å². The molecule has 0 aliphatic carbocycles. The Morgan fingerprint density at radius 3 is 2.04 bits per heavy atom. The van der Waals surface area contributed by atoms with Crippen LogP contribution in [-0.4, -0.2) is 5.78 Å². The second-order valence-corrected chi connectivity index (χ2v) is 7.37. The molecule has 0 saturated carbocycles. The summed E-state index contributed by atoms with van der Waals surface area (Å²) in [7, 11) is 0. The van der Waals surface area contributed by atoms with Crippen molar-refractivity contribution in [2.24, 2.45) is 0 Å². The van der Waals surface area contributed by atoms with E-state index in [1.165, 1.54) is 24.2 Å². The first-order valence-electron chi connectivity index (χ1n) is 8.29. The van der Waals surface area contributed by atoms with E-state index in [9.17, 15) is 4.79 Å². The van der Waals surface area contributed by atoms with Gasteiger partial charge in [-0.3, -0.25) is 4.79 Å². The van der Waals surface area contributed by atoms with E-state index in [0.717, 1.165) is 28.2 Å². The fraction of sp³-hybridized carbons (Fsp3) is 0.350. The van der Waals surface area contributed by atoms with Gasteiger partial charge in [-0.2, -0.15) is 0 Å². The summed E-state index contributed by atoms with van der Waals surface area (Å²) in [5, 5.41) is 0. The molecule has 0 N–H and O–H groups in total. The van der Waals surface area contributed by atoms with Crippen molar-refractivity contribution in [3.05, 3.63) is 54.1 Å². The van der Waals surface area contributed by atoms with Gasteiger partial charge in [-0.05, 0) is 42.8 Å². The highest BCUT2D eigenvalue weighted by molar-refractivity contribution is 7.99. The Morgan fingerprint density at radius 1 is 0.870 bits per heavy atom. The third-order valence-corrected chi connectivity index (χ3v) is 5.07. The normalized spacial score (nSPS) is 10.7. The average molecular weight is 345 g/mol. The van der Waals surface area contributed by atoms with Crippen molar-refractivity contribution in [3.63, 3.8) is 0 Å². The van der Waals surface area contributed by atoms with Crippen LogP contribution in [0.4, 0.5) is 0 Å². The lowest BCUT2D eigenvalue weighted by molar-refractivity contribution is 0.0979. The molecule has 0 heterocycles. The van der Waals surface area contributed by atoms with Crippen LogP contribution in [0.25, 0.3) is 0 Å². The fourth-order valence-electron chi connectivity index (χ4n) is 2.39. The van der Waals surface area contributed by atoms with Gasteiger partial charge in [0.05, 0.1) is 0 Å². The molecule has 1 nitrogen and oxygen atoms in total. The maximum Gasteiger partial charge on any atom is 0.162 e. The van der Waals surface area contributed by atoms with Crippen molar-refractivity contribution in [3.8, 4) is 0 Å². The van der Waals surface area contributed by atoms with Gasteiger partial charge in [0.1, 0.15) is 0 Å². The zero-order chi connectivity index (χ0) is 16.5. The molecule has 2 aromatic rings. The molecular weight excluding hydrogens is 320 g/mol. The number of thiol groups is 1. The van der Waals surface area contributed by atoms with Crippen molar-refractivity contribution in [2.45, 2.75) is 60.1 Å². The van der Waals surface area contributed by atoms with Gasteiger partial charge in [-0.15, -0.1) is 12.6 Å². The molecule has 0 radical (unpaired) electrons. The van der Waals surface area contributed by atoms with Crippen LogP contribution < -0.4 is 0 Å². The maximum absolute atomic E-state index is 12.2. The molecule has 2 aromatic carbocycles. The first-order valence-corrected chi connectivity index (χ1v) is 9.55. The number of hydrogen-bond donors (Lipinski definition) is 1. The Bertz CT molecular complexity index is 603. The van der Waals surface area contributed by atoms with Gasteiger partial charge in [-0.25, -0.2) is 0 Å². The average Bonchev–Trinajstić information content (AvgIpc) is 2.57. The van der Waals surface area contributed by atoms with E-state index in [1.54, 1.807) is 11.8 Å². The highest BCUT2D eigenvalue weighted by Crippen LogP contribution is 2.28. The summed E-state index contributed by atoms with van der Waals surface area (Å²) in [6.07, 6.45) is 6.59. The SMILES string of the molecule is CCCCCCCC(=O)c1ccc(Sc2ccc(S)cc2)cc1. The molecule has 0 saturated heterocycles. The molecule has 0 fully saturated rings. The molecule has 0 aliphatic heterocycles. The summed E-state index contributed by atoms with van der Waals surface area (Å²) in [4.78, 5) is 15.5. The van der Waals surface area contributed by atoms with Crippen LogP contribution in [0, 0.1) is 0 Å². The second kappa shape index (κ2) is 9.84. The minimum absolute atomic E-state index is 0.262. The van der Waals surface area contributed by atoms with Gasteiger partial charge in [0.2, 0.25) is 0 Å². The van der Waals surface area contributed by atoms with Crippen LogP contribution in [0.2, 0.25) is 0 Å². The molecule has 2 rings (SSSR count). The Kier molecular flexibility index (Phi) is 7.77. The number of benzene rings is 2. The third-order valence-electron chi connectivity index (χ3n) is 3.76. The monoisotopic (exact) mass is 344 g/mol. The van der Waals surface area contributed by atoms with Gasteiger partial charge < -0.3 is 0 Å². The lowest BCUT2D eigenvalue weighted by Crippen LogP contribution is -1.98. The van der Waals surface area contributed by atoms with E-state index < -0.39 is 0 Å². The molecule has 0 amide bonds. The number of rotatable bonds is 9. The van der Waals surface area contributed by atoms with Crippen LogP contribution in [0.5, 0.6) is 0 Å². The van der Waals surface area contributed by atoms with E-state index in [2.05, 4.69) is 31.7 Å². The molecule has 23 heavy (non-hydrogen) atoms. The zero-order valence-electron chi connectivity index (χ0n) is 13.6. The number of carbonyl (C=O) groups excluding carboxylic acids is 1. The summed E-state index contributed by atoms with van der Waals surface area (Å²) in [5.41, 5.74) is 0.829. The Hall–Kier alpha value is -1.19. The molecule has 3 heteroatoms. The molecular formula is C20H24OS2. The highest BCUT2D eigenvalue weighted by Gasteiger charge is 2.06. The van der Waals surface area contributed by atoms with Crippen molar-refractivity contribution >= 4 is 30.2 Å². The number of carbonyl (C=O) groups is 1. The van der Waals surface area contributed by atoms with E-state index in [4.69, 9.17) is 0 Å². The van der Waals surface area contributed by atoms with Crippen molar-refractivity contribution < 1.29 is 4.79 Å². The van der Waals surface area contributed by atoms with E-state index in [0.29, 0.717) is 6.42 Å². The first kappa shape index (κ1) is 18.2. The first-order chi connectivity index (χ1) is 11.2. The Balaban J connectivity index is 1.83. The summed E-state index contributed by atoms with van der Waals surface area (Å²) in [6, 6.07) is 16.1. The van der Waals surface area contributed by atoms with Gasteiger partial charge in [0.15, 0.2) is 5.78 Å². The summed E-state index contributed by atoms with van der Waals surface area (Å²) >= 11 is 5.99. The third kappa shape index (κ3) is 6.44. The van der Waals surface area contributed by atoms with E-state index >= 15 is 0 Å². The second-order valence-electron chi connectivity index (χ2n) is 5.71. The van der Waals surface area contributed by atoms with Crippen LogP contribution in [0.1, 0.15) is 55.8 Å². The highest BCUT2D eigenvalue weighted by atomic mass is 32.2. The van der Waals surface area contributed by atoms with E-state index in [-0.39, 0.29) is 5.78 Å². The largest absolute Gasteiger partial charge is 0.294 e. The number of ketones is 1. The predicted molar refractivity (Wildman–Crippen MR) is 102 cm³/mol. The van der Waals surface area contributed by atoms with Crippen molar-refractivity contribution in [1.82, 2.24) is 0 Å². The predicted octanol–water partition coefficient (Wildman–Crippen LogP) is 6.67. The molecule has 122 valence electrons. The molecule has 0 unspecified atom stereocenters. The molecule has 0 bridgehead atoms. The minimum atomic E-state index is 0.262. The number of unbranched alkanes of at least 4 members (excludes halogenated alkanes) is 4. The molecule has 0 aliphatic rings. The lowest BCUT2D eigenvalue weighted by Gasteiger charge is -2.05. The topological polar surface area (TPSA) is 17.1 Å². The summed E-state index contributed by atoms with van der Waals surface area (Å²) in [5.74, 6) is 0.262. The van der Waals surface area contributed by atoms with Crippen LogP contribution >= 0.6 is 24.4 Å². The molecule has 0 aromatic heterocycles. The Labute approximate surface area is 149 Å². The number of hydrogen-bond acceptors (Lipinski definition) is 3. The summed E-state index contributed by atoms with van der Waals surface area (Å²) < 4.78 is 0. The number of Topliss-reactive ketones (excluding diaryl/α,β-unsaturated/α-hetero) is 1. The van der Waals surface area contributed by atoms with Crippen LogP contribution in [-0.2, 0) is 0 Å². The smallest absolute Gasteiger partial charge is 0.162 e. The van der Waals surface area contributed by atoms with Gasteiger partial charge >= 0.3 is 0 Å². The van der Waals surface area contributed by atoms with E-state index in [1.807, 2.05) is 36.4 Å². The molecule has 0 atom stereocenters. The Morgan fingerprint density at radius 2 is 1.43 bits per heavy atom. The van der Waals surface area contributed by atoms with Crippen LogP contribution in [0.15, 0.2) is 63.2 Å². The van der Waals surface area contributed by atoms with Gasteiger partial charge in [0.25, 0.3) is 0 Å². The standard InChI is InChI=1S/C20H24OS2/c1-2-3-4-5-6-7-20(21)16-8-12-18(13-9-16)23-19-14-10-17(22)11-15-19/h8-15,22H,2-7H2,1H3. The summed E-state index contributed by atoms with van der Waals surface area (Å²) in [6.45, 7) is 2.21. The van der Waals surface area contributed by atoms with Crippen molar-refractivity contribution in [1.29, 1.82) is 0 Å².